The van der Waals surface area contributed by atoms with Crippen LogP contribution in [-0.2, 0) is 19.6 Å². The predicted molar refractivity (Wildman–Crippen MR) is 66.9 cm³/mol. The van der Waals surface area contributed by atoms with Crippen LogP contribution < -0.4 is 5.32 Å². The number of methoxy groups -OCH3 is 1. The molecule has 0 radical (unpaired) electrons. The van der Waals surface area contributed by atoms with Crippen LogP contribution in [0.2, 0.25) is 0 Å². The molecule has 102 valence electrons. The van der Waals surface area contributed by atoms with Crippen molar-refractivity contribution in [1.29, 1.82) is 0 Å². The van der Waals surface area contributed by atoms with Gasteiger partial charge in [-0.2, -0.15) is 8.42 Å². The first-order valence-corrected chi connectivity index (χ1v) is 6.56. The van der Waals surface area contributed by atoms with Crippen LogP contribution in [0.1, 0.15) is 5.56 Å². The first-order valence-electron chi connectivity index (χ1n) is 5.12. The van der Waals surface area contributed by atoms with E-state index in [0.29, 0.717) is 19.6 Å². The fourth-order valence-corrected chi connectivity index (χ4v) is 1.41. The zero-order valence-electron chi connectivity index (χ0n) is 10.3. The molecule has 0 aliphatic heterocycles. The number of amides is 1. The third-order valence-corrected chi connectivity index (χ3v) is 2.72. The Balaban J connectivity index is 0.000000360. The SMILES string of the molecule is COCCNC=O.Cc1ccc(S(=O)(=O)O)cc1. The summed E-state index contributed by atoms with van der Waals surface area (Å²) >= 11 is 0. The van der Waals surface area contributed by atoms with Crippen molar-refractivity contribution in [2.45, 2.75) is 11.8 Å². The molecule has 1 amide bonds. The lowest BCUT2D eigenvalue weighted by molar-refractivity contribution is -0.109. The number of hydrogen-bond acceptors (Lipinski definition) is 4. The minimum Gasteiger partial charge on any atom is -0.383 e. The van der Waals surface area contributed by atoms with Gasteiger partial charge in [-0.25, -0.2) is 0 Å². The van der Waals surface area contributed by atoms with E-state index in [4.69, 9.17) is 4.55 Å². The lowest BCUT2D eigenvalue weighted by Gasteiger charge is -1.95. The summed E-state index contributed by atoms with van der Waals surface area (Å²) in [6.45, 7) is 3.02. The second-order valence-corrected chi connectivity index (χ2v) is 4.77. The van der Waals surface area contributed by atoms with Crippen molar-refractivity contribution >= 4 is 16.5 Å². The van der Waals surface area contributed by atoms with Crippen molar-refractivity contribution in [2.24, 2.45) is 0 Å². The molecule has 0 spiro atoms. The molecule has 1 rings (SSSR count). The van der Waals surface area contributed by atoms with Crippen LogP contribution in [0, 0.1) is 6.92 Å². The van der Waals surface area contributed by atoms with E-state index >= 15 is 0 Å². The third kappa shape index (κ3) is 7.77. The summed E-state index contributed by atoms with van der Waals surface area (Å²) in [5, 5.41) is 2.44. The molecule has 2 N–H and O–H groups in total. The maximum Gasteiger partial charge on any atom is 0.294 e. The molecular formula is C11H17NO5S. The highest BCUT2D eigenvalue weighted by atomic mass is 32.2. The van der Waals surface area contributed by atoms with Gasteiger partial charge in [0.25, 0.3) is 10.1 Å². The predicted octanol–water partition coefficient (Wildman–Crippen LogP) is 0.621. The van der Waals surface area contributed by atoms with E-state index in [1.807, 2.05) is 6.92 Å². The minimum absolute atomic E-state index is 0.0666. The first kappa shape index (κ1) is 16.6. The zero-order valence-corrected chi connectivity index (χ0v) is 11.1. The van der Waals surface area contributed by atoms with E-state index in [1.54, 1.807) is 19.2 Å². The number of ether oxygens (including phenoxy) is 1. The zero-order chi connectivity index (χ0) is 14.0. The Bertz CT molecular complexity index is 441. The Hall–Kier alpha value is -1.44. The number of nitrogens with one attached hydrogen (secondary N) is 1. The van der Waals surface area contributed by atoms with Gasteiger partial charge in [0, 0.05) is 13.7 Å². The van der Waals surface area contributed by atoms with Crippen LogP contribution >= 0.6 is 0 Å². The second-order valence-electron chi connectivity index (χ2n) is 3.35. The van der Waals surface area contributed by atoms with Crippen molar-refractivity contribution in [3.05, 3.63) is 29.8 Å². The van der Waals surface area contributed by atoms with E-state index < -0.39 is 10.1 Å². The maximum absolute atomic E-state index is 10.5. The third-order valence-electron chi connectivity index (χ3n) is 1.85. The van der Waals surface area contributed by atoms with Crippen molar-refractivity contribution in [3.8, 4) is 0 Å². The van der Waals surface area contributed by atoms with Crippen LogP contribution in [0.3, 0.4) is 0 Å². The van der Waals surface area contributed by atoms with Crippen LogP contribution in [0.4, 0.5) is 0 Å². The van der Waals surface area contributed by atoms with E-state index in [1.165, 1.54) is 12.1 Å². The fourth-order valence-electron chi connectivity index (χ4n) is 0.930. The van der Waals surface area contributed by atoms with Gasteiger partial charge in [0.05, 0.1) is 11.5 Å². The van der Waals surface area contributed by atoms with E-state index in [0.717, 1.165) is 5.56 Å². The molecule has 0 heterocycles. The van der Waals surface area contributed by atoms with Crippen molar-refractivity contribution in [2.75, 3.05) is 20.3 Å². The van der Waals surface area contributed by atoms with Gasteiger partial charge in [0.2, 0.25) is 6.41 Å². The van der Waals surface area contributed by atoms with E-state index in [2.05, 4.69) is 10.1 Å². The molecule has 0 saturated carbocycles. The molecule has 18 heavy (non-hydrogen) atoms. The Kier molecular flexibility index (Phi) is 7.93. The maximum atomic E-state index is 10.5. The molecule has 0 bridgehead atoms. The molecule has 7 heteroatoms. The number of carbonyl (C=O) groups excluding carboxylic acids is 1. The van der Waals surface area contributed by atoms with Gasteiger partial charge in [-0.3, -0.25) is 9.35 Å². The summed E-state index contributed by atoms with van der Waals surface area (Å²) in [6.07, 6.45) is 0.652. The molecule has 0 fully saturated rings. The molecule has 0 aliphatic carbocycles. The summed E-state index contributed by atoms with van der Waals surface area (Å²) in [7, 11) is -2.43. The normalized spacial score (nSPS) is 10.2. The molecule has 0 aromatic heterocycles. The van der Waals surface area contributed by atoms with Gasteiger partial charge < -0.3 is 10.1 Å². The van der Waals surface area contributed by atoms with Crippen molar-refractivity contribution in [3.63, 3.8) is 0 Å². The molecule has 6 nitrogen and oxygen atoms in total. The van der Waals surface area contributed by atoms with E-state index in [9.17, 15) is 13.2 Å². The summed E-state index contributed by atoms with van der Waals surface area (Å²) in [5.74, 6) is 0. The molecular weight excluding hydrogens is 258 g/mol. The van der Waals surface area contributed by atoms with Gasteiger partial charge in [0.15, 0.2) is 0 Å². The van der Waals surface area contributed by atoms with Gasteiger partial charge >= 0.3 is 0 Å². The highest BCUT2D eigenvalue weighted by molar-refractivity contribution is 7.85. The number of aryl methyl sites for hydroxylation is 1. The van der Waals surface area contributed by atoms with Crippen molar-refractivity contribution in [1.82, 2.24) is 5.32 Å². The Morgan fingerprint density at radius 2 is 1.89 bits per heavy atom. The van der Waals surface area contributed by atoms with Crippen LogP contribution in [0.5, 0.6) is 0 Å². The summed E-state index contributed by atoms with van der Waals surface area (Å²) < 4.78 is 34.2. The highest BCUT2D eigenvalue weighted by Gasteiger charge is 2.06. The number of benzene rings is 1. The molecule has 0 unspecified atom stereocenters. The standard InChI is InChI=1S/C7H8O3S.C4H9NO2/c1-6-2-4-7(5-3-6)11(8,9)10;1-7-3-2-5-4-6/h2-5H,1H3,(H,8,9,10);4H,2-3H2,1H3,(H,5,6). The van der Waals surface area contributed by atoms with Gasteiger partial charge in [-0.05, 0) is 19.1 Å². The molecule has 1 aromatic carbocycles. The quantitative estimate of drug-likeness (QED) is 0.467. The van der Waals surface area contributed by atoms with E-state index in [-0.39, 0.29) is 4.90 Å². The Labute approximate surface area is 107 Å². The topological polar surface area (TPSA) is 92.7 Å². The van der Waals surface area contributed by atoms with Gasteiger partial charge in [-0.1, -0.05) is 17.7 Å². The van der Waals surface area contributed by atoms with Crippen LogP contribution in [0.15, 0.2) is 29.2 Å². The highest BCUT2D eigenvalue weighted by Crippen LogP contribution is 2.08. The summed E-state index contributed by atoms with van der Waals surface area (Å²) in [5.41, 5.74) is 0.956. The molecule has 1 aromatic rings. The van der Waals surface area contributed by atoms with Crippen LogP contribution in [-0.4, -0.2) is 39.6 Å². The van der Waals surface area contributed by atoms with Crippen molar-refractivity contribution < 1.29 is 22.5 Å². The second kappa shape index (κ2) is 8.62. The first-order chi connectivity index (χ1) is 8.41. The van der Waals surface area contributed by atoms with Crippen LogP contribution in [0.25, 0.3) is 0 Å². The molecule has 0 saturated heterocycles. The monoisotopic (exact) mass is 275 g/mol. The summed E-state index contributed by atoms with van der Waals surface area (Å²) in [4.78, 5) is 9.45. The number of rotatable bonds is 5. The fraction of sp³-hybridized carbons (Fsp3) is 0.364. The number of hydrogen-bond donors (Lipinski definition) is 2. The minimum atomic E-state index is -4.02. The smallest absolute Gasteiger partial charge is 0.294 e. The average Bonchev–Trinajstić information content (AvgIpc) is 2.30. The van der Waals surface area contributed by atoms with Gasteiger partial charge in [-0.15, -0.1) is 0 Å². The molecule has 0 atom stereocenters. The lowest BCUT2D eigenvalue weighted by atomic mass is 10.2. The van der Waals surface area contributed by atoms with Gasteiger partial charge in [0.1, 0.15) is 0 Å². The number of carbonyl (C=O) groups is 1. The molecule has 0 aliphatic rings. The largest absolute Gasteiger partial charge is 0.383 e. The Morgan fingerprint density at radius 1 is 1.33 bits per heavy atom. The lowest BCUT2D eigenvalue weighted by Crippen LogP contribution is -2.16. The average molecular weight is 275 g/mol. The Morgan fingerprint density at radius 3 is 2.28 bits per heavy atom. The summed E-state index contributed by atoms with van der Waals surface area (Å²) in [6, 6.07) is 5.99.